The molecule has 0 atom stereocenters. The largest absolute Gasteiger partial charge is 0.454 e. The number of aromatic amines is 1. The van der Waals surface area contributed by atoms with Gasteiger partial charge in [0.05, 0.1) is 5.69 Å². The second-order valence-corrected chi connectivity index (χ2v) is 7.43. The number of hydrogen-bond acceptors (Lipinski definition) is 5. The molecule has 3 heterocycles. The SMILES string of the molecule is O=C(c1cc(-c2ccc3c(c2)OCO3)n[nH]1)N1CCN(Cc2ccc(F)cc2)CC1. The molecule has 1 N–H and O–H groups in total. The van der Waals surface area contributed by atoms with E-state index in [0.29, 0.717) is 36.0 Å². The quantitative estimate of drug-likeness (QED) is 0.719. The topological polar surface area (TPSA) is 70.7 Å². The maximum Gasteiger partial charge on any atom is 0.271 e. The van der Waals surface area contributed by atoms with Crippen molar-refractivity contribution in [1.82, 2.24) is 20.0 Å². The van der Waals surface area contributed by atoms with Gasteiger partial charge in [0.25, 0.3) is 5.91 Å². The molecule has 0 unspecified atom stereocenters. The molecule has 7 nitrogen and oxygen atoms in total. The van der Waals surface area contributed by atoms with Crippen LogP contribution in [0.3, 0.4) is 0 Å². The number of aromatic nitrogens is 2. The number of H-pyrrole nitrogens is 1. The smallest absolute Gasteiger partial charge is 0.271 e. The molecule has 2 aromatic carbocycles. The molecule has 1 saturated heterocycles. The average molecular weight is 408 g/mol. The van der Waals surface area contributed by atoms with Crippen LogP contribution in [-0.2, 0) is 6.54 Å². The molecule has 0 aliphatic carbocycles. The molecule has 8 heteroatoms. The summed E-state index contributed by atoms with van der Waals surface area (Å²) in [7, 11) is 0. The van der Waals surface area contributed by atoms with Gasteiger partial charge in [0, 0.05) is 38.3 Å². The molecule has 2 aliphatic rings. The Morgan fingerprint density at radius 1 is 1.00 bits per heavy atom. The Bertz CT molecular complexity index is 1060. The van der Waals surface area contributed by atoms with Crippen molar-refractivity contribution in [2.45, 2.75) is 6.54 Å². The Hall–Kier alpha value is -3.39. The van der Waals surface area contributed by atoms with Crippen LogP contribution < -0.4 is 9.47 Å². The van der Waals surface area contributed by atoms with Crippen LogP contribution in [0.5, 0.6) is 11.5 Å². The summed E-state index contributed by atoms with van der Waals surface area (Å²) in [5, 5.41) is 7.16. The Balaban J connectivity index is 1.20. The van der Waals surface area contributed by atoms with Crippen molar-refractivity contribution in [3.05, 3.63) is 65.6 Å². The fraction of sp³-hybridized carbons (Fsp3) is 0.273. The fourth-order valence-corrected chi connectivity index (χ4v) is 3.76. The zero-order chi connectivity index (χ0) is 20.5. The first-order valence-electron chi connectivity index (χ1n) is 9.87. The molecule has 0 spiro atoms. The second kappa shape index (κ2) is 7.79. The molecular weight excluding hydrogens is 387 g/mol. The molecule has 0 bridgehead atoms. The van der Waals surface area contributed by atoms with Crippen molar-refractivity contribution in [2.24, 2.45) is 0 Å². The highest BCUT2D eigenvalue weighted by molar-refractivity contribution is 5.93. The van der Waals surface area contributed by atoms with Gasteiger partial charge >= 0.3 is 0 Å². The highest BCUT2D eigenvalue weighted by atomic mass is 19.1. The lowest BCUT2D eigenvalue weighted by molar-refractivity contribution is 0.0622. The van der Waals surface area contributed by atoms with Crippen LogP contribution >= 0.6 is 0 Å². The molecule has 3 aromatic rings. The third-order valence-corrected chi connectivity index (χ3v) is 5.46. The van der Waals surface area contributed by atoms with E-state index in [0.717, 1.165) is 30.8 Å². The van der Waals surface area contributed by atoms with E-state index >= 15 is 0 Å². The first-order chi connectivity index (χ1) is 14.7. The summed E-state index contributed by atoms with van der Waals surface area (Å²) in [4.78, 5) is 17.0. The zero-order valence-corrected chi connectivity index (χ0v) is 16.3. The number of rotatable bonds is 4. The monoisotopic (exact) mass is 408 g/mol. The number of ether oxygens (including phenoxy) is 2. The van der Waals surface area contributed by atoms with E-state index in [1.54, 1.807) is 18.2 Å². The van der Waals surface area contributed by atoms with E-state index in [1.165, 1.54) is 12.1 Å². The number of carbonyl (C=O) groups excluding carboxylic acids is 1. The van der Waals surface area contributed by atoms with Gasteiger partial charge in [-0.15, -0.1) is 0 Å². The van der Waals surface area contributed by atoms with Gasteiger partial charge in [0.15, 0.2) is 11.5 Å². The first-order valence-corrected chi connectivity index (χ1v) is 9.87. The predicted molar refractivity (Wildman–Crippen MR) is 108 cm³/mol. The third kappa shape index (κ3) is 3.73. The Labute approximate surface area is 173 Å². The van der Waals surface area contributed by atoms with Crippen molar-refractivity contribution in [3.63, 3.8) is 0 Å². The molecule has 154 valence electrons. The number of amides is 1. The molecule has 0 saturated carbocycles. The molecule has 30 heavy (non-hydrogen) atoms. The van der Waals surface area contributed by atoms with Crippen LogP contribution in [0.2, 0.25) is 0 Å². The van der Waals surface area contributed by atoms with Crippen LogP contribution in [0.4, 0.5) is 4.39 Å². The van der Waals surface area contributed by atoms with Gasteiger partial charge in [-0.1, -0.05) is 12.1 Å². The number of nitrogens with one attached hydrogen (secondary N) is 1. The molecule has 1 aromatic heterocycles. The molecular formula is C22H21FN4O3. The predicted octanol–water partition coefficient (Wildman–Crippen LogP) is 2.90. The number of fused-ring (bicyclic) bond motifs is 1. The average Bonchev–Trinajstić information content (AvgIpc) is 3.44. The maximum absolute atomic E-state index is 13.1. The summed E-state index contributed by atoms with van der Waals surface area (Å²) in [6.45, 7) is 3.78. The van der Waals surface area contributed by atoms with Crippen LogP contribution in [-0.4, -0.2) is 58.9 Å². The maximum atomic E-state index is 13.1. The molecule has 2 aliphatic heterocycles. The van der Waals surface area contributed by atoms with Gasteiger partial charge in [-0.05, 0) is 42.0 Å². The van der Waals surface area contributed by atoms with Crippen molar-refractivity contribution in [1.29, 1.82) is 0 Å². The van der Waals surface area contributed by atoms with Crippen molar-refractivity contribution >= 4 is 5.91 Å². The first kappa shape index (κ1) is 18.6. The van der Waals surface area contributed by atoms with Crippen LogP contribution in [0.15, 0.2) is 48.5 Å². The van der Waals surface area contributed by atoms with Crippen molar-refractivity contribution in [2.75, 3.05) is 33.0 Å². The van der Waals surface area contributed by atoms with Crippen LogP contribution in [0, 0.1) is 5.82 Å². The lowest BCUT2D eigenvalue weighted by Gasteiger charge is -2.34. The Morgan fingerprint density at radius 3 is 2.57 bits per heavy atom. The number of halogens is 1. The van der Waals surface area contributed by atoms with Gasteiger partial charge in [0.1, 0.15) is 11.5 Å². The summed E-state index contributed by atoms with van der Waals surface area (Å²) in [6, 6.07) is 13.9. The summed E-state index contributed by atoms with van der Waals surface area (Å²) < 4.78 is 23.8. The molecule has 1 fully saturated rings. The lowest BCUT2D eigenvalue weighted by atomic mass is 10.1. The van der Waals surface area contributed by atoms with Crippen LogP contribution in [0.1, 0.15) is 16.1 Å². The minimum atomic E-state index is -0.228. The normalized spacial score (nSPS) is 16.1. The van der Waals surface area contributed by atoms with E-state index in [2.05, 4.69) is 15.1 Å². The Kier molecular flexibility index (Phi) is 4.84. The van der Waals surface area contributed by atoms with Gasteiger partial charge in [-0.3, -0.25) is 14.8 Å². The van der Waals surface area contributed by atoms with Gasteiger partial charge in [-0.2, -0.15) is 5.10 Å². The van der Waals surface area contributed by atoms with E-state index < -0.39 is 0 Å². The van der Waals surface area contributed by atoms with Crippen molar-refractivity contribution in [3.8, 4) is 22.8 Å². The number of hydrogen-bond donors (Lipinski definition) is 1. The fourth-order valence-electron chi connectivity index (χ4n) is 3.76. The zero-order valence-electron chi connectivity index (χ0n) is 16.3. The second-order valence-electron chi connectivity index (χ2n) is 7.43. The highest BCUT2D eigenvalue weighted by Gasteiger charge is 2.24. The van der Waals surface area contributed by atoms with Gasteiger partial charge in [-0.25, -0.2) is 4.39 Å². The van der Waals surface area contributed by atoms with Gasteiger partial charge in [0.2, 0.25) is 6.79 Å². The minimum absolute atomic E-state index is 0.0593. The Morgan fingerprint density at radius 2 is 1.77 bits per heavy atom. The lowest BCUT2D eigenvalue weighted by Crippen LogP contribution is -2.48. The van der Waals surface area contributed by atoms with Gasteiger partial charge < -0.3 is 14.4 Å². The summed E-state index contributed by atoms with van der Waals surface area (Å²) in [5.74, 6) is 1.11. The number of carbonyl (C=O) groups is 1. The third-order valence-electron chi connectivity index (χ3n) is 5.46. The standard InChI is InChI=1S/C22H21FN4O3/c23-17-4-1-15(2-5-17)13-26-7-9-27(10-8-26)22(28)19-12-18(24-25-19)16-3-6-20-21(11-16)30-14-29-20/h1-6,11-12H,7-10,13-14H2,(H,24,25). The molecule has 5 rings (SSSR count). The summed E-state index contributed by atoms with van der Waals surface area (Å²) in [5.41, 5.74) is 3.08. The van der Waals surface area contributed by atoms with Crippen molar-refractivity contribution < 1.29 is 18.7 Å². The van der Waals surface area contributed by atoms with Crippen LogP contribution in [0.25, 0.3) is 11.3 Å². The number of nitrogens with zero attached hydrogens (tertiary/aromatic N) is 3. The van der Waals surface area contributed by atoms with E-state index in [1.807, 2.05) is 23.1 Å². The van der Waals surface area contributed by atoms with E-state index in [9.17, 15) is 9.18 Å². The molecule has 1 amide bonds. The number of benzene rings is 2. The summed E-state index contributed by atoms with van der Waals surface area (Å²) >= 11 is 0. The highest BCUT2D eigenvalue weighted by Crippen LogP contribution is 2.35. The number of piperazine rings is 1. The van der Waals surface area contributed by atoms with E-state index in [4.69, 9.17) is 9.47 Å². The van der Waals surface area contributed by atoms with E-state index in [-0.39, 0.29) is 18.5 Å². The molecule has 0 radical (unpaired) electrons. The minimum Gasteiger partial charge on any atom is -0.454 e. The summed E-state index contributed by atoms with van der Waals surface area (Å²) in [6.07, 6.45) is 0.